The van der Waals surface area contributed by atoms with Gasteiger partial charge in [0.2, 0.25) is 12.7 Å². The number of carbonyl (C=O) groups is 2. The highest BCUT2D eigenvalue weighted by Gasteiger charge is 2.46. The van der Waals surface area contributed by atoms with Gasteiger partial charge in [-0.15, -0.1) is 0 Å². The molecule has 4 heterocycles. The number of benzene rings is 2. The molecule has 10 nitrogen and oxygen atoms in total. The zero-order valence-electron chi connectivity index (χ0n) is 20.7. The quantitative estimate of drug-likeness (QED) is 0.629. The Bertz CT molecular complexity index is 1200. The van der Waals surface area contributed by atoms with Crippen molar-refractivity contribution in [1.29, 1.82) is 0 Å². The maximum Gasteiger partial charge on any atom is 0.255 e. The van der Waals surface area contributed by atoms with E-state index in [-0.39, 0.29) is 49.8 Å². The van der Waals surface area contributed by atoms with Crippen LogP contribution in [-0.4, -0.2) is 91.7 Å². The molecule has 4 atom stereocenters. The molecule has 196 valence electrons. The van der Waals surface area contributed by atoms with Gasteiger partial charge in [-0.25, -0.2) is 0 Å². The van der Waals surface area contributed by atoms with E-state index >= 15 is 0 Å². The van der Waals surface area contributed by atoms with Crippen LogP contribution in [0.15, 0.2) is 36.4 Å². The highest BCUT2D eigenvalue weighted by molar-refractivity contribution is 6.04. The van der Waals surface area contributed by atoms with E-state index in [1.165, 1.54) is 0 Å². The minimum absolute atomic E-state index is 0.0476. The average Bonchev–Trinajstić information content (AvgIpc) is 3.52. The average molecular weight is 510 g/mol. The molecule has 2 aromatic carbocycles. The molecular weight excluding hydrogens is 478 g/mol. The fraction of sp³-hybridized carbons (Fsp3) is 0.481. The number of hydrogen-bond acceptors (Lipinski definition) is 8. The molecule has 37 heavy (non-hydrogen) atoms. The summed E-state index contributed by atoms with van der Waals surface area (Å²) in [4.78, 5) is 30.0. The number of nitrogens with zero attached hydrogens (tertiary/aromatic N) is 2. The van der Waals surface area contributed by atoms with Crippen LogP contribution in [-0.2, 0) is 9.53 Å². The van der Waals surface area contributed by atoms with E-state index in [1.54, 1.807) is 24.3 Å². The molecule has 0 unspecified atom stereocenters. The van der Waals surface area contributed by atoms with Crippen molar-refractivity contribution in [3.05, 3.63) is 47.5 Å². The van der Waals surface area contributed by atoms with Crippen LogP contribution in [0.3, 0.4) is 0 Å². The molecule has 4 aliphatic heterocycles. The fourth-order valence-corrected chi connectivity index (χ4v) is 5.59. The Kier molecular flexibility index (Phi) is 6.39. The van der Waals surface area contributed by atoms with E-state index in [0.29, 0.717) is 34.9 Å². The third-order valence-corrected chi connectivity index (χ3v) is 7.65. The molecule has 6 rings (SSSR count). The Labute approximate surface area is 215 Å². The number of ether oxygens (including phenoxy) is 4. The Morgan fingerprint density at radius 3 is 2.62 bits per heavy atom. The van der Waals surface area contributed by atoms with Crippen molar-refractivity contribution in [2.75, 3.05) is 51.9 Å². The number of fused-ring (bicyclic) bond motifs is 4. The summed E-state index contributed by atoms with van der Waals surface area (Å²) in [6.45, 7) is 3.12. The molecule has 0 aliphatic carbocycles. The third-order valence-electron chi connectivity index (χ3n) is 7.65. The monoisotopic (exact) mass is 509 g/mol. The number of aliphatic hydroxyl groups is 1. The lowest BCUT2D eigenvalue weighted by Crippen LogP contribution is -2.50. The number of likely N-dealkylation sites (N-methyl/N-ethyl adjacent to an activating group) is 1. The van der Waals surface area contributed by atoms with Crippen molar-refractivity contribution in [2.45, 2.75) is 37.1 Å². The Balaban J connectivity index is 1.16. The van der Waals surface area contributed by atoms with Gasteiger partial charge in [0.15, 0.2) is 11.5 Å². The van der Waals surface area contributed by atoms with Gasteiger partial charge in [0.1, 0.15) is 18.0 Å². The molecule has 0 bridgehead atoms. The molecular formula is C27H31N3O7. The van der Waals surface area contributed by atoms with Crippen molar-refractivity contribution >= 4 is 17.5 Å². The largest absolute Gasteiger partial charge is 0.487 e. The second kappa shape index (κ2) is 9.85. The van der Waals surface area contributed by atoms with Crippen LogP contribution >= 0.6 is 0 Å². The minimum Gasteiger partial charge on any atom is -0.487 e. The number of piperazine rings is 1. The summed E-state index contributed by atoms with van der Waals surface area (Å²) in [7, 11) is 2.06. The highest BCUT2D eigenvalue weighted by Crippen LogP contribution is 2.47. The zero-order valence-corrected chi connectivity index (χ0v) is 20.7. The molecule has 0 aromatic heterocycles. The van der Waals surface area contributed by atoms with Gasteiger partial charge < -0.3 is 39.2 Å². The van der Waals surface area contributed by atoms with Crippen LogP contribution in [0.2, 0.25) is 0 Å². The normalized spacial score (nSPS) is 26.3. The first-order valence-corrected chi connectivity index (χ1v) is 12.7. The first-order chi connectivity index (χ1) is 18.0. The SMILES string of the molecule is CN1CCN(C(=O)C[C@H]2C[C@@H]3c4cc(NC(=O)c5ccc6c(c5)OCO6)ccc4O[C@@H]3[C@H](CO)O2)CC1. The molecule has 0 spiro atoms. The Morgan fingerprint density at radius 1 is 1.03 bits per heavy atom. The Morgan fingerprint density at radius 2 is 1.81 bits per heavy atom. The summed E-state index contributed by atoms with van der Waals surface area (Å²) in [5.41, 5.74) is 2.06. The van der Waals surface area contributed by atoms with Crippen molar-refractivity contribution in [3.63, 3.8) is 0 Å². The number of amides is 2. The Hall–Kier alpha value is -3.34. The van der Waals surface area contributed by atoms with Crippen LogP contribution < -0.4 is 19.5 Å². The summed E-state index contributed by atoms with van der Waals surface area (Å²) in [5, 5.41) is 13.0. The third kappa shape index (κ3) is 4.72. The lowest BCUT2D eigenvalue weighted by atomic mass is 9.84. The molecule has 0 radical (unpaired) electrons. The first-order valence-electron chi connectivity index (χ1n) is 12.7. The van der Waals surface area contributed by atoms with Crippen LogP contribution in [0.4, 0.5) is 5.69 Å². The summed E-state index contributed by atoms with van der Waals surface area (Å²) in [6.07, 6.45) is -0.295. The van der Waals surface area contributed by atoms with E-state index in [1.807, 2.05) is 17.0 Å². The predicted octanol–water partition coefficient (Wildman–Crippen LogP) is 1.83. The topological polar surface area (TPSA) is 110 Å². The van der Waals surface area contributed by atoms with Gasteiger partial charge in [-0.05, 0) is 49.9 Å². The lowest BCUT2D eigenvalue weighted by Gasteiger charge is -2.38. The van der Waals surface area contributed by atoms with Crippen molar-refractivity contribution in [2.24, 2.45) is 0 Å². The zero-order chi connectivity index (χ0) is 25.5. The smallest absolute Gasteiger partial charge is 0.255 e. The van der Waals surface area contributed by atoms with E-state index in [2.05, 4.69) is 17.3 Å². The van der Waals surface area contributed by atoms with Crippen LogP contribution in [0, 0.1) is 0 Å². The number of nitrogens with one attached hydrogen (secondary N) is 1. The maximum atomic E-state index is 13.0. The first kappa shape index (κ1) is 24.0. The van der Waals surface area contributed by atoms with Gasteiger partial charge >= 0.3 is 0 Å². The number of anilines is 1. The van der Waals surface area contributed by atoms with Gasteiger partial charge in [0.25, 0.3) is 5.91 Å². The molecule has 10 heteroatoms. The summed E-state index contributed by atoms with van der Waals surface area (Å²) >= 11 is 0. The maximum absolute atomic E-state index is 13.0. The minimum atomic E-state index is -0.525. The lowest BCUT2D eigenvalue weighted by molar-refractivity contribution is -0.150. The molecule has 4 aliphatic rings. The van der Waals surface area contributed by atoms with Crippen LogP contribution in [0.1, 0.15) is 34.7 Å². The van der Waals surface area contributed by atoms with Gasteiger partial charge in [0, 0.05) is 48.9 Å². The number of aliphatic hydroxyl groups excluding tert-OH is 1. The molecule has 2 aromatic rings. The van der Waals surface area contributed by atoms with Gasteiger partial charge in [-0.2, -0.15) is 0 Å². The molecule has 2 saturated heterocycles. The fourth-order valence-electron chi connectivity index (χ4n) is 5.59. The second-order valence-corrected chi connectivity index (χ2v) is 10.1. The number of hydrogen-bond donors (Lipinski definition) is 2. The van der Waals surface area contributed by atoms with Gasteiger partial charge in [-0.3, -0.25) is 9.59 Å². The van der Waals surface area contributed by atoms with Crippen molar-refractivity contribution in [3.8, 4) is 17.2 Å². The van der Waals surface area contributed by atoms with Gasteiger partial charge in [0.05, 0.1) is 19.1 Å². The molecule has 0 saturated carbocycles. The molecule has 2 fully saturated rings. The van der Waals surface area contributed by atoms with Gasteiger partial charge in [-0.1, -0.05) is 0 Å². The molecule has 2 N–H and O–H groups in total. The molecule has 2 amide bonds. The highest BCUT2D eigenvalue weighted by atomic mass is 16.7. The van der Waals surface area contributed by atoms with E-state index < -0.39 is 6.10 Å². The second-order valence-electron chi connectivity index (χ2n) is 10.1. The van der Waals surface area contributed by atoms with Crippen LogP contribution in [0.25, 0.3) is 0 Å². The standard InChI is InChI=1S/C27H31N3O7/c1-29-6-8-30(9-7-29)25(32)13-18-12-20-19-11-17(3-5-21(19)37-26(20)24(14-31)36-18)28-27(33)16-2-4-22-23(10-16)35-15-34-22/h2-5,10-11,18,20,24,26,31H,6-9,12-15H2,1H3,(H,28,33)/t18-,20-,24+,26+/m1/s1. The van der Waals surface area contributed by atoms with Crippen LogP contribution in [0.5, 0.6) is 17.2 Å². The van der Waals surface area contributed by atoms with E-state index in [0.717, 1.165) is 31.7 Å². The number of rotatable bonds is 5. The summed E-state index contributed by atoms with van der Waals surface area (Å²) in [5.74, 6) is 1.66. The predicted molar refractivity (Wildman–Crippen MR) is 133 cm³/mol. The van der Waals surface area contributed by atoms with E-state index in [9.17, 15) is 14.7 Å². The van der Waals surface area contributed by atoms with Crippen molar-refractivity contribution in [1.82, 2.24) is 9.80 Å². The van der Waals surface area contributed by atoms with E-state index in [4.69, 9.17) is 18.9 Å². The van der Waals surface area contributed by atoms with Crippen molar-refractivity contribution < 1.29 is 33.6 Å². The summed E-state index contributed by atoms with van der Waals surface area (Å²) < 4.78 is 23.0. The summed E-state index contributed by atoms with van der Waals surface area (Å²) in [6, 6.07) is 10.6. The number of carbonyl (C=O) groups excluding carboxylic acids is 2.